The van der Waals surface area contributed by atoms with Crippen LogP contribution in [0.1, 0.15) is 25.7 Å². The summed E-state index contributed by atoms with van der Waals surface area (Å²) in [4.78, 5) is 27.5. The molecule has 1 aromatic rings. The second kappa shape index (κ2) is 7.72. The molecule has 2 atom stereocenters. The minimum Gasteiger partial charge on any atom is -0.442 e. The summed E-state index contributed by atoms with van der Waals surface area (Å²) in [5, 5.41) is 2.94. The van der Waals surface area contributed by atoms with Crippen molar-refractivity contribution in [3.63, 3.8) is 0 Å². The summed E-state index contributed by atoms with van der Waals surface area (Å²) in [6.45, 7) is 2.75. The molecule has 0 aromatic heterocycles. The Kier molecular flexibility index (Phi) is 5.15. The zero-order valence-corrected chi connectivity index (χ0v) is 15.2. The lowest BCUT2D eigenvalue weighted by molar-refractivity contribution is -0.122. The van der Waals surface area contributed by atoms with E-state index < -0.39 is 12.2 Å². The highest BCUT2D eigenvalue weighted by atomic mass is 19.1. The van der Waals surface area contributed by atoms with Gasteiger partial charge in [0.2, 0.25) is 5.91 Å². The van der Waals surface area contributed by atoms with Gasteiger partial charge in [-0.2, -0.15) is 0 Å². The summed E-state index contributed by atoms with van der Waals surface area (Å²) >= 11 is 0. The first-order chi connectivity index (χ1) is 13.1. The van der Waals surface area contributed by atoms with Crippen LogP contribution in [0.4, 0.5) is 20.6 Å². The van der Waals surface area contributed by atoms with Crippen LogP contribution in [0.5, 0.6) is 0 Å². The first-order valence-corrected chi connectivity index (χ1v) is 9.51. The Hall–Kier alpha value is -2.35. The highest BCUT2D eigenvalue weighted by Crippen LogP contribution is 2.29. The van der Waals surface area contributed by atoms with Crippen LogP contribution >= 0.6 is 0 Å². The molecule has 1 N–H and O–H groups in total. The second-order valence-electron chi connectivity index (χ2n) is 7.19. The number of amides is 2. The zero-order valence-electron chi connectivity index (χ0n) is 15.2. The van der Waals surface area contributed by atoms with E-state index in [0.717, 1.165) is 19.3 Å². The Morgan fingerprint density at radius 2 is 1.96 bits per heavy atom. The first-order valence-electron chi connectivity index (χ1n) is 9.51. The van der Waals surface area contributed by atoms with Crippen molar-refractivity contribution in [1.29, 1.82) is 0 Å². The van der Waals surface area contributed by atoms with Crippen LogP contribution in [0.15, 0.2) is 18.2 Å². The topological polar surface area (TPSA) is 71.1 Å². The molecule has 27 heavy (non-hydrogen) atoms. The van der Waals surface area contributed by atoms with E-state index in [9.17, 15) is 14.0 Å². The van der Waals surface area contributed by atoms with Crippen molar-refractivity contribution in [3.05, 3.63) is 24.0 Å². The van der Waals surface area contributed by atoms with Crippen LogP contribution in [-0.2, 0) is 14.3 Å². The lowest BCUT2D eigenvalue weighted by atomic mass is 10.1. The Morgan fingerprint density at radius 3 is 2.74 bits per heavy atom. The molecule has 3 saturated heterocycles. The number of nitrogens with zero attached hydrogens (tertiary/aromatic N) is 2. The van der Waals surface area contributed by atoms with E-state index in [0.29, 0.717) is 50.6 Å². The highest BCUT2D eigenvalue weighted by molar-refractivity contribution is 5.90. The third kappa shape index (κ3) is 3.85. The summed E-state index contributed by atoms with van der Waals surface area (Å²) in [6.07, 6.45) is 2.14. The van der Waals surface area contributed by atoms with E-state index in [1.807, 2.05) is 4.90 Å². The van der Waals surface area contributed by atoms with Crippen LogP contribution in [0, 0.1) is 5.82 Å². The second-order valence-corrected chi connectivity index (χ2v) is 7.19. The van der Waals surface area contributed by atoms with Gasteiger partial charge in [-0.25, -0.2) is 9.18 Å². The fourth-order valence-electron chi connectivity index (χ4n) is 3.91. The molecular formula is C19H24FN3O4. The van der Waals surface area contributed by atoms with E-state index >= 15 is 0 Å². The quantitative estimate of drug-likeness (QED) is 0.873. The van der Waals surface area contributed by atoms with Crippen molar-refractivity contribution in [1.82, 2.24) is 5.32 Å². The van der Waals surface area contributed by atoms with E-state index in [1.54, 1.807) is 12.1 Å². The van der Waals surface area contributed by atoms with Gasteiger partial charge in [-0.3, -0.25) is 9.69 Å². The monoisotopic (exact) mass is 377 g/mol. The van der Waals surface area contributed by atoms with Gasteiger partial charge < -0.3 is 19.7 Å². The molecule has 3 aliphatic heterocycles. The Balaban J connectivity index is 1.47. The van der Waals surface area contributed by atoms with Gasteiger partial charge in [0.15, 0.2) is 0 Å². The molecule has 0 radical (unpaired) electrons. The maximum Gasteiger partial charge on any atom is 0.414 e. The average molecular weight is 377 g/mol. The highest BCUT2D eigenvalue weighted by Gasteiger charge is 2.38. The fraction of sp³-hybridized carbons (Fsp3) is 0.579. The van der Waals surface area contributed by atoms with E-state index in [4.69, 9.17) is 9.47 Å². The number of halogens is 1. The van der Waals surface area contributed by atoms with Crippen LogP contribution in [-0.4, -0.2) is 57.0 Å². The third-order valence-electron chi connectivity index (χ3n) is 5.39. The molecule has 0 bridgehead atoms. The average Bonchev–Trinajstić information content (AvgIpc) is 2.92. The molecule has 8 heteroatoms. The van der Waals surface area contributed by atoms with Crippen molar-refractivity contribution in [2.75, 3.05) is 42.6 Å². The van der Waals surface area contributed by atoms with Gasteiger partial charge in [0.1, 0.15) is 11.9 Å². The Labute approximate surface area is 157 Å². The number of benzene rings is 1. The summed E-state index contributed by atoms with van der Waals surface area (Å²) in [7, 11) is 0. The van der Waals surface area contributed by atoms with Crippen LogP contribution in [0.2, 0.25) is 0 Å². The van der Waals surface area contributed by atoms with Crippen LogP contribution in [0.25, 0.3) is 0 Å². The van der Waals surface area contributed by atoms with Crippen molar-refractivity contribution in [2.45, 2.75) is 37.8 Å². The van der Waals surface area contributed by atoms with Crippen LogP contribution < -0.4 is 15.1 Å². The number of rotatable bonds is 3. The summed E-state index contributed by atoms with van der Waals surface area (Å²) < 4.78 is 25.4. The minimum absolute atomic E-state index is 0.00657. The number of carbonyl (C=O) groups is 2. The zero-order chi connectivity index (χ0) is 18.8. The van der Waals surface area contributed by atoms with Gasteiger partial charge in [0.25, 0.3) is 0 Å². The molecule has 0 unspecified atom stereocenters. The molecule has 3 aliphatic rings. The maximum atomic E-state index is 14.7. The standard InChI is InChI=1S/C19H24FN3O4/c20-14-11-13(5-6-16(14)22-7-9-26-10-8-22)23-12-17(27-19(23)25)15-3-1-2-4-18(24)21-15/h5-6,11,15,17H,1-4,7-10,12H2,(H,21,24)/t15-,17-/m1/s1. The number of carbonyl (C=O) groups excluding carboxylic acids is 2. The van der Waals surface area contributed by atoms with Crippen molar-refractivity contribution in [2.24, 2.45) is 0 Å². The molecule has 2 amide bonds. The molecule has 7 nitrogen and oxygen atoms in total. The van der Waals surface area contributed by atoms with Gasteiger partial charge in [-0.1, -0.05) is 6.42 Å². The molecule has 146 valence electrons. The van der Waals surface area contributed by atoms with Gasteiger partial charge >= 0.3 is 6.09 Å². The predicted molar refractivity (Wildman–Crippen MR) is 97.4 cm³/mol. The SMILES string of the molecule is O=C1CCCC[C@H]([C@H]2CN(c3ccc(N4CCOCC4)c(F)c3)C(=O)O2)N1. The molecule has 0 spiro atoms. The molecular weight excluding hydrogens is 353 g/mol. The van der Waals surface area contributed by atoms with Gasteiger partial charge in [0, 0.05) is 19.5 Å². The molecule has 0 aliphatic carbocycles. The maximum absolute atomic E-state index is 14.7. The molecule has 3 fully saturated rings. The van der Waals surface area contributed by atoms with E-state index in [1.165, 1.54) is 11.0 Å². The summed E-state index contributed by atoms with van der Waals surface area (Å²) in [5.41, 5.74) is 0.985. The predicted octanol–water partition coefficient (Wildman–Crippen LogP) is 2.05. The lowest BCUT2D eigenvalue weighted by Crippen LogP contribution is -2.43. The lowest BCUT2D eigenvalue weighted by Gasteiger charge is -2.29. The van der Waals surface area contributed by atoms with Gasteiger partial charge in [-0.05, 0) is 31.0 Å². The van der Waals surface area contributed by atoms with Crippen molar-refractivity contribution in [3.8, 4) is 0 Å². The fourth-order valence-corrected chi connectivity index (χ4v) is 3.91. The van der Waals surface area contributed by atoms with E-state index in [2.05, 4.69) is 5.32 Å². The minimum atomic E-state index is -0.503. The largest absolute Gasteiger partial charge is 0.442 e. The van der Waals surface area contributed by atoms with E-state index in [-0.39, 0.29) is 17.8 Å². The first kappa shape index (κ1) is 18.0. The number of morpholine rings is 1. The molecule has 0 saturated carbocycles. The van der Waals surface area contributed by atoms with Crippen molar-refractivity contribution >= 4 is 23.4 Å². The Morgan fingerprint density at radius 1 is 1.15 bits per heavy atom. The molecule has 4 rings (SSSR count). The number of nitrogens with one attached hydrogen (secondary N) is 1. The summed E-state index contributed by atoms with van der Waals surface area (Å²) in [6, 6.07) is 4.62. The molecule has 3 heterocycles. The Bertz CT molecular complexity index is 723. The molecule has 1 aromatic carbocycles. The third-order valence-corrected chi connectivity index (χ3v) is 5.39. The number of hydrogen-bond donors (Lipinski definition) is 1. The number of anilines is 2. The number of cyclic esters (lactones) is 1. The number of hydrogen-bond acceptors (Lipinski definition) is 5. The summed E-state index contributed by atoms with van der Waals surface area (Å²) in [5.74, 6) is -0.374. The van der Waals surface area contributed by atoms with Gasteiger partial charge in [-0.15, -0.1) is 0 Å². The van der Waals surface area contributed by atoms with Crippen molar-refractivity contribution < 1.29 is 23.5 Å². The normalized spacial score (nSPS) is 26.6. The van der Waals surface area contributed by atoms with Gasteiger partial charge in [0.05, 0.1) is 37.2 Å². The van der Waals surface area contributed by atoms with Crippen LogP contribution in [0.3, 0.4) is 0 Å². The smallest absolute Gasteiger partial charge is 0.414 e. The number of ether oxygens (including phenoxy) is 2.